The lowest BCUT2D eigenvalue weighted by Gasteiger charge is -2.17. The van der Waals surface area contributed by atoms with E-state index in [1.54, 1.807) is 23.9 Å². The summed E-state index contributed by atoms with van der Waals surface area (Å²) >= 11 is 4.54. The summed E-state index contributed by atoms with van der Waals surface area (Å²) in [5.41, 5.74) is 3.30. The lowest BCUT2D eigenvalue weighted by molar-refractivity contribution is 0.715. The van der Waals surface area contributed by atoms with E-state index in [1.807, 2.05) is 6.07 Å². The number of aromatic nitrogens is 1. The average Bonchev–Trinajstić information content (AvgIpc) is 2.32. The molecule has 0 aliphatic heterocycles. The summed E-state index contributed by atoms with van der Waals surface area (Å²) in [4.78, 5) is 11.6. The largest absolute Gasteiger partial charge is 0.319 e. The molecular weight excluding hydrogens is 254 g/mol. The van der Waals surface area contributed by atoms with Crippen LogP contribution in [-0.4, -0.2) is 9.31 Å². The molecule has 0 atom stereocenters. The van der Waals surface area contributed by atoms with Gasteiger partial charge in [-0.1, -0.05) is 38.1 Å². The predicted molar refractivity (Wildman–Crippen MR) is 83.9 cm³/mol. The SMILES string of the molecule is Cn1ccc(-c2ccc(CC(C)(C)S)cc2)cc1=O. The topological polar surface area (TPSA) is 22.0 Å². The third-order valence-electron chi connectivity index (χ3n) is 3.03. The van der Waals surface area contributed by atoms with E-state index in [9.17, 15) is 4.79 Å². The Balaban J connectivity index is 2.27. The highest BCUT2D eigenvalue weighted by molar-refractivity contribution is 7.81. The molecule has 0 radical (unpaired) electrons. The molecule has 0 saturated heterocycles. The summed E-state index contributed by atoms with van der Waals surface area (Å²) in [5, 5.41) is 0. The lowest BCUT2D eigenvalue weighted by atomic mass is 9.99. The van der Waals surface area contributed by atoms with E-state index in [0.717, 1.165) is 17.5 Å². The van der Waals surface area contributed by atoms with E-state index in [2.05, 4.69) is 50.7 Å². The van der Waals surface area contributed by atoms with Crippen LogP contribution in [0.2, 0.25) is 0 Å². The molecule has 1 aromatic carbocycles. The van der Waals surface area contributed by atoms with Gasteiger partial charge in [-0.25, -0.2) is 0 Å². The van der Waals surface area contributed by atoms with Crippen molar-refractivity contribution >= 4 is 12.6 Å². The molecule has 3 heteroatoms. The first-order valence-electron chi connectivity index (χ1n) is 6.33. The maximum Gasteiger partial charge on any atom is 0.250 e. The molecule has 2 rings (SSSR count). The normalized spacial score (nSPS) is 11.6. The molecule has 19 heavy (non-hydrogen) atoms. The first-order valence-corrected chi connectivity index (χ1v) is 6.78. The van der Waals surface area contributed by atoms with Crippen LogP contribution in [0.5, 0.6) is 0 Å². The first-order chi connectivity index (χ1) is 8.85. The molecule has 0 saturated carbocycles. The number of nitrogens with zero attached hydrogens (tertiary/aromatic N) is 1. The van der Waals surface area contributed by atoms with Crippen molar-refractivity contribution in [1.29, 1.82) is 0 Å². The second kappa shape index (κ2) is 5.25. The molecule has 1 aromatic heterocycles. The quantitative estimate of drug-likeness (QED) is 0.852. The van der Waals surface area contributed by atoms with Gasteiger partial charge in [-0.15, -0.1) is 0 Å². The van der Waals surface area contributed by atoms with Gasteiger partial charge in [0.05, 0.1) is 0 Å². The molecule has 0 fully saturated rings. The fraction of sp³-hybridized carbons (Fsp3) is 0.312. The van der Waals surface area contributed by atoms with Crippen LogP contribution in [0.1, 0.15) is 19.4 Å². The van der Waals surface area contributed by atoms with Crippen molar-refractivity contribution < 1.29 is 0 Å². The number of thiol groups is 1. The molecule has 1 heterocycles. The van der Waals surface area contributed by atoms with E-state index in [4.69, 9.17) is 0 Å². The monoisotopic (exact) mass is 273 g/mol. The molecule has 0 N–H and O–H groups in total. The van der Waals surface area contributed by atoms with Crippen molar-refractivity contribution in [3.8, 4) is 11.1 Å². The van der Waals surface area contributed by atoms with Gasteiger partial charge in [0.1, 0.15) is 0 Å². The van der Waals surface area contributed by atoms with Crippen molar-refractivity contribution in [2.75, 3.05) is 0 Å². The van der Waals surface area contributed by atoms with Crippen LogP contribution in [0.3, 0.4) is 0 Å². The summed E-state index contributed by atoms with van der Waals surface area (Å²) in [5.74, 6) is 0. The predicted octanol–water partition coefficient (Wildman–Crippen LogP) is 3.30. The maximum absolute atomic E-state index is 11.6. The van der Waals surface area contributed by atoms with E-state index >= 15 is 0 Å². The zero-order valence-corrected chi connectivity index (χ0v) is 12.4. The van der Waals surface area contributed by atoms with Gasteiger partial charge in [-0.2, -0.15) is 12.6 Å². The van der Waals surface area contributed by atoms with Crippen molar-refractivity contribution in [2.24, 2.45) is 7.05 Å². The standard InChI is InChI=1S/C16H19NOS/c1-16(2,19)11-12-4-6-13(7-5-12)14-8-9-17(3)15(18)10-14/h4-10,19H,11H2,1-3H3. The Kier molecular flexibility index (Phi) is 3.85. The van der Waals surface area contributed by atoms with Crippen LogP contribution in [0, 0.1) is 0 Å². The Bertz CT molecular complexity index is 620. The summed E-state index contributed by atoms with van der Waals surface area (Å²) in [6, 6.07) is 11.9. The molecule has 0 bridgehead atoms. The van der Waals surface area contributed by atoms with Gasteiger partial charge >= 0.3 is 0 Å². The number of rotatable bonds is 3. The number of hydrogen-bond acceptors (Lipinski definition) is 2. The van der Waals surface area contributed by atoms with Gasteiger partial charge in [-0.3, -0.25) is 4.79 Å². The van der Waals surface area contributed by atoms with Gasteiger partial charge in [-0.05, 0) is 29.2 Å². The van der Waals surface area contributed by atoms with Crippen LogP contribution in [-0.2, 0) is 13.5 Å². The Hall–Kier alpha value is -1.48. The van der Waals surface area contributed by atoms with Crippen LogP contribution < -0.4 is 5.56 Å². The fourth-order valence-electron chi connectivity index (χ4n) is 2.04. The molecule has 0 amide bonds. The van der Waals surface area contributed by atoms with Crippen molar-refractivity contribution in [3.63, 3.8) is 0 Å². The van der Waals surface area contributed by atoms with Crippen LogP contribution in [0.4, 0.5) is 0 Å². The minimum Gasteiger partial charge on any atom is -0.319 e. The molecule has 0 unspecified atom stereocenters. The van der Waals surface area contributed by atoms with Crippen LogP contribution >= 0.6 is 12.6 Å². The second-order valence-corrected chi connectivity index (χ2v) is 6.76. The van der Waals surface area contributed by atoms with Gasteiger partial charge in [0.15, 0.2) is 0 Å². The molecule has 100 valence electrons. The number of aryl methyl sites for hydroxylation is 1. The number of benzene rings is 1. The first kappa shape index (κ1) is 13.9. The van der Waals surface area contributed by atoms with Gasteiger partial charge < -0.3 is 4.57 Å². The average molecular weight is 273 g/mol. The number of pyridine rings is 1. The van der Waals surface area contributed by atoms with Crippen molar-refractivity contribution in [3.05, 3.63) is 58.5 Å². The number of hydrogen-bond donors (Lipinski definition) is 1. The third-order valence-corrected chi connectivity index (χ3v) is 3.19. The molecule has 0 aliphatic rings. The third kappa shape index (κ3) is 3.74. The van der Waals surface area contributed by atoms with E-state index in [1.165, 1.54) is 5.56 Å². The lowest BCUT2D eigenvalue weighted by Crippen LogP contribution is -2.14. The zero-order valence-electron chi connectivity index (χ0n) is 11.6. The van der Waals surface area contributed by atoms with Crippen molar-refractivity contribution in [2.45, 2.75) is 25.0 Å². The van der Waals surface area contributed by atoms with Gasteiger partial charge in [0.25, 0.3) is 5.56 Å². The van der Waals surface area contributed by atoms with Crippen LogP contribution in [0.25, 0.3) is 11.1 Å². The molecule has 0 aliphatic carbocycles. The molecule has 2 nitrogen and oxygen atoms in total. The van der Waals surface area contributed by atoms with Crippen LogP contribution in [0.15, 0.2) is 47.4 Å². The zero-order chi connectivity index (χ0) is 14.0. The fourth-order valence-corrected chi connectivity index (χ4v) is 2.23. The van der Waals surface area contributed by atoms with Crippen molar-refractivity contribution in [1.82, 2.24) is 4.57 Å². The van der Waals surface area contributed by atoms with E-state index in [0.29, 0.717) is 0 Å². The summed E-state index contributed by atoms with van der Waals surface area (Å²) in [6.07, 6.45) is 2.72. The van der Waals surface area contributed by atoms with E-state index < -0.39 is 0 Å². The summed E-state index contributed by atoms with van der Waals surface area (Å²) in [7, 11) is 1.75. The highest BCUT2D eigenvalue weighted by atomic mass is 32.1. The molecule has 2 aromatic rings. The minimum absolute atomic E-state index is 0.00972. The summed E-state index contributed by atoms with van der Waals surface area (Å²) < 4.78 is 1.56. The Morgan fingerprint density at radius 3 is 2.26 bits per heavy atom. The molecule has 0 spiro atoms. The highest BCUT2D eigenvalue weighted by Crippen LogP contribution is 2.22. The second-order valence-electron chi connectivity index (χ2n) is 5.55. The Morgan fingerprint density at radius 1 is 1.11 bits per heavy atom. The maximum atomic E-state index is 11.6. The Labute approximate surface area is 119 Å². The van der Waals surface area contributed by atoms with E-state index in [-0.39, 0.29) is 10.3 Å². The van der Waals surface area contributed by atoms with Gasteiger partial charge in [0, 0.05) is 24.1 Å². The summed E-state index contributed by atoms with van der Waals surface area (Å²) in [6.45, 7) is 4.20. The molecular formula is C16H19NOS. The Morgan fingerprint density at radius 2 is 1.74 bits per heavy atom. The van der Waals surface area contributed by atoms with Gasteiger partial charge in [0.2, 0.25) is 0 Å². The smallest absolute Gasteiger partial charge is 0.250 e. The highest BCUT2D eigenvalue weighted by Gasteiger charge is 2.12. The minimum atomic E-state index is -0.00972.